The van der Waals surface area contributed by atoms with Crippen LogP contribution in [-0.4, -0.2) is 50.1 Å². The normalized spacial score (nSPS) is 15.1. The van der Waals surface area contributed by atoms with Crippen molar-refractivity contribution in [3.05, 3.63) is 77.9 Å². The lowest BCUT2D eigenvalue weighted by Gasteiger charge is -2.22. The Hall–Kier alpha value is -4.53. The number of benzene rings is 3. The number of methoxy groups -OCH3 is 3. The molecular weight excluding hydrogens is 474 g/mol. The number of amides is 4. The minimum Gasteiger partial charge on any atom is -0.497 e. The first-order valence-electron chi connectivity index (χ1n) is 11.7. The van der Waals surface area contributed by atoms with Crippen LogP contribution in [-0.2, 0) is 16.1 Å². The maximum absolute atomic E-state index is 13.5. The molecule has 0 bridgehead atoms. The fourth-order valence-corrected chi connectivity index (χ4v) is 4.18. The van der Waals surface area contributed by atoms with Gasteiger partial charge in [0.1, 0.15) is 11.8 Å². The average Bonchev–Trinajstić information content (AvgIpc) is 3.13. The Balaban J connectivity index is 1.61. The second kappa shape index (κ2) is 11.0. The first kappa shape index (κ1) is 25.6. The second-order valence-electron chi connectivity index (χ2n) is 8.61. The van der Waals surface area contributed by atoms with Crippen LogP contribution in [0.1, 0.15) is 17.5 Å². The van der Waals surface area contributed by atoms with Crippen LogP contribution >= 0.6 is 0 Å². The molecule has 0 radical (unpaired) electrons. The fraction of sp³-hybridized carbons (Fsp3) is 0.250. The fourth-order valence-electron chi connectivity index (χ4n) is 4.18. The van der Waals surface area contributed by atoms with E-state index in [9.17, 15) is 14.4 Å². The van der Waals surface area contributed by atoms with Crippen LogP contribution in [0.25, 0.3) is 0 Å². The Morgan fingerprint density at radius 3 is 2.16 bits per heavy atom. The van der Waals surface area contributed by atoms with Crippen LogP contribution in [0.5, 0.6) is 17.2 Å². The van der Waals surface area contributed by atoms with E-state index in [4.69, 9.17) is 14.2 Å². The Bertz CT molecular complexity index is 1290. The SMILES string of the molecule is COc1ccc(NC(=O)C[C@@H]2C(=O)N(c3ccc(C)cc3)C(=O)N2Cc2ccc(OC)c(OC)c2)cc1. The number of anilines is 2. The summed E-state index contributed by atoms with van der Waals surface area (Å²) in [6.07, 6.45) is -0.202. The first-order chi connectivity index (χ1) is 17.8. The van der Waals surface area contributed by atoms with Gasteiger partial charge in [-0.05, 0) is 61.0 Å². The van der Waals surface area contributed by atoms with Crippen LogP contribution < -0.4 is 24.4 Å². The van der Waals surface area contributed by atoms with Crippen molar-refractivity contribution in [2.24, 2.45) is 0 Å². The third kappa shape index (κ3) is 5.50. The molecule has 192 valence electrons. The van der Waals surface area contributed by atoms with E-state index in [1.54, 1.807) is 61.7 Å². The van der Waals surface area contributed by atoms with E-state index < -0.39 is 18.0 Å². The third-order valence-corrected chi connectivity index (χ3v) is 6.16. The molecule has 3 aromatic rings. The van der Waals surface area contributed by atoms with Crippen LogP contribution in [0.15, 0.2) is 66.7 Å². The van der Waals surface area contributed by atoms with Crippen molar-refractivity contribution in [2.45, 2.75) is 25.9 Å². The molecule has 0 spiro atoms. The first-order valence-corrected chi connectivity index (χ1v) is 11.7. The molecule has 37 heavy (non-hydrogen) atoms. The molecule has 1 saturated heterocycles. The molecule has 9 nitrogen and oxygen atoms in total. The number of nitrogens with zero attached hydrogens (tertiary/aromatic N) is 2. The molecule has 0 saturated carbocycles. The van der Waals surface area contributed by atoms with Crippen molar-refractivity contribution < 1.29 is 28.6 Å². The van der Waals surface area contributed by atoms with Gasteiger partial charge in [0.2, 0.25) is 5.91 Å². The number of carbonyl (C=O) groups is 3. The van der Waals surface area contributed by atoms with Crippen LogP contribution in [0.2, 0.25) is 0 Å². The Labute approximate surface area is 215 Å². The zero-order chi connectivity index (χ0) is 26.5. The number of aryl methyl sites for hydroxylation is 1. The number of rotatable bonds is 9. The van der Waals surface area contributed by atoms with Gasteiger partial charge in [-0.3, -0.25) is 9.59 Å². The Kier molecular flexibility index (Phi) is 7.62. The highest BCUT2D eigenvalue weighted by molar-refractivity contribution is 6.22. The number of imide groups is 1. The molecule has 9 heteroatoms. The second-order valence-corrected chi connectivity index (χ2v) is 8.61. The molecule has 1 fully saturated rings. The summed E-state index contributed by atoms with van der Waals surface area (Å²) in [5.41, 5.74) is 2.74. The monoisotopic (exact) mass is 503 g/mol. The highest BCUT2D eigenvalue weighted by atomic mass is 16.5. The van der Waals surface area contributed by atoms with E-state index in [2.05, 4.69) is 5.32 Å². The molecule has 1 heterocycles. The molecule has 0 aliphatic carbocycles. The van der Waals surface area contributed by atoms with E-state index in [1.807, 2.05) is 19.1 Å². The summed E-state index contributed by atoms with van der Waals surface area (Å²) < 4.78 is 15.8. The minimum absolute atomic E-state index is 0.105. The number of carbonyl (C=O) groups excluding carboxylic acids is 3. The zero-order valence-electron chi connectivity index (χ0n) is 21.2. The molecule has 1 aliphatic rings. The van der Waals surface area contributed by atoms with Crippen molar-refractivity contribution >= 4 is 29.2 Å². The van der Waals surface area contributed by atoms with Crippen molar-refractivity contribution in [2.75, 3.05) is 31.5 Å². The molecule has 4 rings (SSSR count). The maximum atomic E-state index is 13.5. The molecule has 1 atom stereocenters. The number of urea groups is 1. The van der Waals surface area contributed by atoms with E-state index in [0.717, 1.165) is 16.0 Å². The van der Waals surface area contributed by atoms with Crippen molar-refractivity contribution in [1.82, 2.24) is 4.90 Å². The number of hydrogen-bond acceptors (Lipinski definition) is 6. The summed E-state index contributed by atoms with van der Waals surface area (Å²) in [6, 6.07) is 17.8. The van der Waals surface area contributed by atoms with Gasteiger partial charge in [0.15, 0.2) is 11.5 Å². The van der Waals surface area contributed by atoms with Gasteiger partial charge < -0.3 is 24.4 Å². The van der Waals surface area contributed by atoms with Crippen molar-refractivity contribution in [3.8, 4) is 17.2 Å². The lowest BCUT2D eigenvalue weighted by atomic mass is 10.1. The van der Waals surface area contributed by atoms with E-state index in [-0.39, 0.29) is 18.9 Å². The van der Waals surface area contributed by atoms with Gasteiger partial charge in [-0.15, -0.1) is 0 Å². The molecule has 1 N–H and O–H groups in total. The Morgan fingerprint density at radius 2 is 1.54 bits per heavy atom. The predicted molar refractivity (Wildman–Crippen MR) is 139 cm³/mol. The summed E-state index contributed by atoms with van der Waals surface area (Å²) in [4.78, 5) is 42.6. The van der Waals surface area contributed by atoms with Crippen molar-refractivity contribution in [3.63, 3.8) is 0 Å². The van der Waals surface area contributed by atoms with Gasteiger partial charge in [-0.2, -0.15) is 0 Å². The van der Waals surface area contributed by atoms with Gasteiger partial charge in [0.05, 0.1) is 33.4 Å². The highest BCUT2D eigenvalue weighted by Crippen LogP contribution is 2.32. The predicted octanol–water partition coefficient (Wildman–Crippen LogP) is 4.39. The minimum atomic E-state index is -0.986. The molecule has 1 aliphatic heterocycles. The summed E-state index contributed by atoms with van der Waals surface area (Å²) in [7, 11) is 4.62. The lowest BCUT2D eigenvalue weighted by Crippen LogP contribution is -2.37. The van der Waals surface area contributed by atoms with Gasteiger partial charge >= 0.3 is 6.03 Å². The van der Waals surface area contributed by atoms with E-state index >= 15 is 0 Å². The Morgan fingerprint density at radius 1 is 0.865 bits per heavy atom. The smallest absolute Gasteiger partial charge is 0.332 e. The quantitative estimate of drug-likeness (QED) is 0.435. The number of ether oxygens (including phenoxy) is 3. The van der Waals surface area contributed by atoms with Gasteiger partial charge in [0, 0.05) is 12.2 Å². The summed E-state index contributed by atoms with van der Waals surface area (Å²) in [6.45, 7) is 2.03. The van der Waals surface area contributed by atoms with Crippen LogP contribution in [0, 0.1) is 6.92 Å². The molecular formula is C28H29N3O6. The molecule has 0 aromatic heterocycles. The topological polar surface area (TPSA) is 97.4 Å². The maximum Gasteiger partial charge on any atom is 0.332 e. The van der Waals surface area contributed by atoms with Crippen LogP contribution in [0.3, 0.4) is 0 Å². The van der Waals surface area contributed by atoms with Crippen LogP contribution in [0.4, 0.5) is 16.2 Å². The third-order valence-electron chi connectivity index (χ3n) is 6.16. The van der Waals surface area contributed by atoms with Gasteiger partial charge in [-0.1, -0.05) is 23.8 Å². The molecule has 0 unspecified atom stereocenters. The number of nitrogens with one attached hydrogen (secondary N) is 1. The standard InChI is InChI=1S/C28H29N3O6/c1-18-5-10-21(11-6-18)31-27(33)23(16-26(32)29-20-8-12-22(35-2)13-9-20)30(28(31)34)17-19-7-14-24(36-3)25(15-19)37-4/h5-15,23H,16-17H2,1-4H3,(H,29,32)/t23-/m1/s1. The van der Waals surface area contributed by atoms with Crippen molar-refractivity contribution in [1.29, 1.82) is 0 Å². The lowest BCUT2D eigenvalue weighted by molar-refractivity contribution is -0.124. The number of hydrogen-bond donors (Lipinski definition) is 1. The van der Waals surface area contributed by atoms with E-state index in [1.165, 1.54) is 19.1 Å². The highest BCUT2D eigenvalue weighted by Gasteiger charge is 2.46. The van der Waals surface area contributed by atoms with Gasteiger partial charge in [0.25, 0.3) is 5.91 Å². The molecule has 4 amide bonds. The van der Waals surface area contributed by atoms with E-state index in [0.29, 0.717) is 28.6 Å². The molecule has 3 aromatic carbocycles. The largest absolute Gasteiger partial charge is 0.497 e. The summed E-state index contributed by atoms with van der Waals surface area (Å²) in [5.74, 6) is 0.858. The summed E-state index contributed by atoms with van der Waals surface area (Å²) in [5, 5.41) is 2.80. The zero-order valence-corrected chi connectivity index (χ0v) is 21.2. The summed E-state index contributed by atoms with van der Waals surface area (Å²) >= 11 is 0. The average molecular weight is 504 g/mol. The van der Waals surface area contributed by atoms with Gasteiger partial charge in [-0.25, -0.2) is 9.69 Å².